The molecular formula is C20H14F2N4O3S. The Kier molecular flexibility index (Phi) is 5.23. The molecule has 0 bridgehead atoms. The van der Waals surface area contributed by atoms with Crippen molar-refractivity contribution in [1.29, 1.82) is 0 Å². The van der Waals surface area contributed by atoms with Crippen molar-refractivity contribution in [2.45, 2.75) is 11.3 Å². The van der Waals surface area contributed by atoms with E-state index < -0.39 is 26.6 Å². The van der Waals surface area contributed by atoms with E-state index in [2.05, 4.69) is 19.8 Å². The number of aromatic nitrogens is 3. The molecule has 0 aliphatic heterocycles. The van der Waals surface area contributed by atoms with Gasteiger partial charge < -0.3 is 4.52 Å². The van der Waals surface area contributed by atoms with E-state index in [9.17, 15) is 17.2 Å². The topological polar surface area (TPSA) is 98.0 Å². The van der Waals surface area contributed by atoms with Crippen LogP contribution in [-0.4, -0.2) is 23.5 Å². The minimum Gasteiger partial charge on any atom is -0.339 e. The molecule has 2 heterocycles. The number of sulfonamides is 1. The molecule has 0 aliphatic carbocycles. The third-order valence-corrected chi connectivity index (χ3v) is 5.57. The maximum atomic E-state index is 14.0. The largest absolute Gasteiger partial charge is 0.339 e. The van der Waals surface area contributed by atoms with E-state index in [1.54, 1.807) is 42.7 Å². The van der Waals surface area contributed by atoms with Gasteiger partial charge in [0.15, 0.2) is 0 Å². The molecule has 0 saturated heterocycles. The van der Waals surface area contributed by atoms with Gasteiger partial charge in [0.05, 0.1) is 12.1 Å². The second-order valence-electron chi connectivity index (χ2n) is 6.27. The fourth-order valence-corrected chi connectivity index (χ4v) is 3.93. The second-order valence-corrected chi connectivity index (χ2v) is 7.92. The summed E-state index contributed by atoms with van der Waals surface area (Å²) in [4.78, 5) is 7.64. The highest BCUT2D eigenvalue weighted by atomic mass is 32.2. The number of halogens is 2. The van der Waals surface area contributed by atoms with Gasteiger partial charge in [-0.15, -0.1) is 0 Å². The summed E-state index contributed by atoms with van der Waals surface area (Å²) in [6.07, 6.45) is 3.35. The molecule has 0 radical (unpaired) electrons. The lowest BCUT2D eigenvalue weighted by molar-refractivity contribution is 0.386. The lowest BCUT2D eigenvalue weighted by Gasteiger charge is -2.12. The van der Waals surface area contributed by atoms with Gasteiger partial charge in [-0.05, 0) is 35.9 Å². The molecule has 30 heavy (non-hydrogen) atoms. The highest BCUT2D eigenvalue weighted by Crippen LogP contribution is 2.24. The van der Waals surface area contributed by atoms with E-state index in [0.29, 0.717) is 23.0 Å². The molecule has 4 aromatic rings. The van der Waals surface area contributed by atoms with Crippen molar-refractivity contribution >= 4 is 15.7 Å². The fraction of sp³-hybridized carbons (Fsp3) is 0.0500. The van der Waals surface area contributed by atoms with Crippen molar-refractivity contribution in [2.24, 2.45) is 0 Å². The van der Waals surface area contributed by atoms with Gasteiger partial charge >= 0.3 is 0 Å². The lowest BCUT2D eigenvalue weighted by atomic mass is 10.1. The van der Waals surface area contributed by atoms with E-state index >= 15 is 0 Å². The molecule has 0 atom stereocenters. The molecule has 2 aromatic heterocycles. The molecule has 10 heteroatoms. The number of para-hydroxylation sites is 1. The predicted octanol–water partition coefficient (Wildman–Crippen LogP) is 3.80. The van der Waals surface area contributed by atoms with Gasteiger partial charge in [-0.1, -0.05) is 23.4 Å². The molecule has 7 nitrogen and oxygen atoms in total. The second kappa shape index (κ2) is 7.99. The summed E-state index contributed by atoms with van der Waals surface area (Å²) in [6, 6.07) is 12.3. The zero-order chi connectivity index (χ0) is 21.1. The van der Waals surface area contributed by atoms with Gasteiger partial charge in [-0.2, -0.15) is 4.98 Å². The Balaban J connectivity index is 1.60. The predicted molar refractivity (Wildman–Crippen MR) is 104 cm³/mol. The van der Waals surface area contributed by atoms with Crippen molar-refractivity contribution in [2.75, 3.05) is 4.72 Å². The molecule has 0 spiro atoms. The first-order chi connectivity index (χ1) is 14.4. The van der Waals surface area contributed by atoms with Crippen molar-refractivity contribution in [1.82, 2.24) is 15.1 Å². The van der Waals surface area contributed by atoms with E-state index in [-0.39, 0.29) is 18.0 Å². The number of benzene rings is 2. The highest BCUT2D eigenvalue weighted by molar-refractivity contribution is 7.92. The van der Waals surface area contributed by atoms with Crippen molar-refractivity contribution in [3.8, 4) is 11.4 Å². The van der Waals surface area contributed by atoms with Gasteiger partial charge in [0, 0.05) is 24.0 Å². The summed E-state index contributed by atoms with van der Waals surface area (Å²) < 4.78 is 59.9. The van der Waals surface area contributed by atoms with E-state index in [1.165, 1.54) is 6.07 Å². The SMILES string of the molecule is O=S(=O)(Nc1ccccc1Cc1nc(-c2cccnc2)no1)c1ccc(F)cc1F. The fourth-order valence-electron chi connectivity index (χ4n) is 2.77. The Bertz CT molecular complexity index is 1290. The third-order valence-electron chi connectivity index (χ3n) is 4.17. The number of pyridine rings is 1. The van der Waals surface area contributed by atoms with Crippen LogP contribution in [0.2, 0.25) is 0 Å². The van der Waals surface area contributed by atoms with Gasteiger partial charge in [0.2, 0.25) is 11.7 Å². The van der Waals surface area contributed by atoms with Crippen molar-refractivity contribution in [3.05, 3.63) is 90.1 Å². The van der Waals surface area contributed by atoms with Gasteiger partial charge in [0.25, 0.3) is 10.0 Å². The van der Waals surface area contributed by atoms with Crippen LogP contribution in [0.1, 0.15) is 11.5 Å². The standard InChI is InChI=1S/C20H14F2N4O3S/c21-15-7-8-18(16(22)11-15)30(27,28)26-17-6-2-1-4-13(17)10-19-24-20(25-29-19)14-5-3-9-23-12-14/h1-9,11-12,26H,10H2. The minimum absolute atomic E-state index is 0.137. The van der Waals surface area contributed by atoms with Crippen LogP contribution >= 0.6 is 0 Å². The molecule has 0 fully saturated rings. The molecule has 0 amide bonds. The average molecular weight is 428 g/mol. The van der Waals surface area contributed by atoms with Gasteiger partial charge in [-0.25, -0.2) is 17.2 Å². The Hall–Kier alpha value is -3.66. The average Bonchev–Trinajstić information content (AvgIpc) is 3.18. The first-order valence-electron chi connectivity index (χ1n) is 8.71. The minimum atomic E-state index is -4.28. The number of hydrogen-bond acceptors (Lipinski definition) is 6. The summed E-state index contributed by atoms with van der Waals surface area (Å²) in [5, 5.41) is 3.90. The summed E-state index contributed by atoms with van der Waals surface area (Å²) >= 11 is 0. The molecule has 1 N–H and O–H groups in total. The number of nitrogens with zero attached hydrogens (tertiary/aromatic N) is 3. The maximum Gasteiger partial charge on any atom is 0.264 e. The first-order valence-corrected chi connectivity index (χ1v) is 10.2. The monoisotopic (exact) mass is 428 g/mol. The molecule has 0 unspecified atom stereocenters. The van der Waals surface area contributed by atoms with Gasteiger partial charge in [-0.3, -0.25) is 9.71 Å². The maximum absolute atomic E-state index is 14.0. The summed E-state index contributed by atoms with van der Waals surface area (Å²) in [7, 11) is -4.28. The first kappa shape index (κ1) is 19.6. The Morgan fingerprint density at radius 2 is 1.87 bits per heavy atom. The van der Waals surface area contributed by atoms with Crippen LogP contribution in [-0.2, 0) is 16.4 Å². The van der Waals surface area contributed by atoms with Crippen LogP contribution in [0.4, 0.5) is 14.5 Å². The number of anilines is 1. The number of hydrogen-bond donors (Lipinski definition) is 1. The molecule has 2 aromatic carbocycles. The summed E-state index contributed by atoms with van der Waals surface area (Å²) in [6.45, 7) is 0. The van der Waals surface area contributed by atoms with E-state index in [1.807, 2.05) is 0 Å². The van der Waals surface area contributed by atoms with Gasteiger partial charge in [0.1, 0.15) is 16.5 Å². The smallest absolute Gasteiger partial charge is 0.264 e. The summed E-state index contributed by atoms with van der Waals surface area (Å²) in [5.41, 5.74) is 1.42. The molecular weight excluding hydrogens is 414 g/mol. The number of nitrogens with one attached hydrogen (secondary N) is 1. The van der Waals surface area contributed by atoms with Crippen molar-refractivity contribution < 1.29 is 21.7 Å². The lowest BCUT2D eigenvalue weighted by Crippen LogP contribution is -2.16. The number of rotatable bonds is 6. The van der Waals surface area contributed by atoms with Crippen LogP contribution in [0.5, 0.6) is 0 Å². The van der Waals surface area contributed by atoms with Crippen molar-refractivity contribution in [3.63, 3.8) is 0 Å². The van der Waals surface area contributed by atoms with Crippen LogP contribution in [0.3, 0.4) is 0 Å². The zero-order valence-corrected chi connectivity index (χ0v) is 16.1. The zero-order valence-electron chi connectivity index (χ0n) is 15.3. The molecule has 0 aliphatic rings. The van der Waals surface area contributed by atoms with Crippen LogP contribution < -0.4 is 4.72 Å². The third kappa shape index (κ3) is 4.18. The Labute approximate surface area is 170 Å². The van der Waals surface area contributed by atoms with E-state index in [0.717, 1.165) is 12.1 Å². The Morgan fingerprint density at radius 1 is 1.03 bits per heavy atom. The summed E-state index contributed by atoms with van der Waals surface area (Å²) in [5.74, 6) is -1.44. The molecule has 152 valence electrons. The van der Waals surface area contributed by atoms with E-state index in [4.69, 9.17) is 4.52 Å². The van der Waals surface area contributed by atoms with Crippen LogP contribution in [0, 0.1) is 11.6 Å². The normalized spacial score (nSPS) is 11.4. The highest BCUT2D eigenvalue weighted by Gasteiger charge is 2.21. The van der Waals surface area contributed by atoms with Crippen LogP contribution in [0.25, 0.3) is 11.4 Å². The molecule has 4 rings (SSSR count). The molecule has 0 saturated carbocycles. The Morgan fingerprint density at radius 3 is 2.63 bits per heavy atom. The van der Waals surface area contributed by atoms with Crippen LogP contribution in [0.15, 0.2) is 76.4 Å². The quantitative estimate of drug-likeness (QED) is 0.502.